The Morgan fingerprint density at radius 2 is 1.89 bits per heavy atom. The van der Waals surface area contributed by atoms with Crippen molar-refractivity contribution in [3.8, 4) is 0 Å². The highest BCUT2D eigenvalue weighted by atomic mass is 35.5. The van der Waals surface area contributed by atoms with E-state index >= 15 is 0 Å². The molecule has 1 aromatic heterocycles. The summed E-state index contributed by atoms with van der Waals surface area (Å²) in [7, 11) is 0. The summed E-state index contributed by atoms with van der Waals surface area (Å²) in [5.74, 6) is -0.225. The number of halogens is 1. The predicted molar refractivity (Wildman–Crippen MR) is 107 cm³/mol. The lowest BCUT2D eigenvalue weighted by Gasteiger charge is -2.27. The van der Waals surface area contributed by atoms with Crippen molar-refractivity contribution in [2.24, 2.45) is 0 Å². The first-order valence-corrected chi connectivity index (χ1v) is 9.38. The van der Waals surface area contributed by atoms with E-state index in [-0.39, 0.29) is 17.6 Å². The van der Waals surface area contributed by atoms with E-state index in [9.17, 15) is 9.59 Å². The Bertz CT molecular complexity index is 1050. The number of nitrogens with zero attached hydrogens (tertiary/aromatic N) is 1. The number of nitrogens with one attached hydrogen (secondary N) is 1. The number of carbonyl (C=O) groups excluding carboxylic acids is 2. The zero-order valence-corrected chi connectivity index (χ0v) is 16.1. The molecule has 3 aromatic rings. The highest BCUT2D eigenvalue weighted by Gasteiger charge is 2.21. The molecular weight excluding hydrogens is 380 g/mol. The average Bonchev–Trinajstić information content (AvgIpc) is 3.04. The molecular formula is C21H19ClN2O4. The summed E-state index contributed by atoms with van der Waals surface area (Å²) >= 11 is 6.03. The summed E-state index contributed by atoms with van der Waals surface area (Å²) < 4.78 is 11.0. The van der Waals surface area contributed by atoms with Gasteiger partial charge in [-0.25, -0.2) is 0 Å². The third kappa shape index (κ3) is 3.61. The largest absolute Gasteiger partial charge is 0.451 e. The molecule has 144 valence electrons. The van der Waals surface area contributed by atoms with Crippen LogP contribution in [0.25, 0.3) is 11.0 Å². The van der Waals surface area contributed by atoms with Gasteiger partial charge >= 0.3 is 0 Å². The van der Waals surface area contributed by atoms with Crippen molar-refractivity contribution >= 4 is 40.1 Å². The molecule has 1 N–H and O–H groups in total. The van der Waals surface area contributed by atoms with E-state index in [4.69, 9.17) is 20.8 Å². The molecule has 2 amide bonds. The van der Waals surface area contributed by atoms with Gasteiger partial charge in [-0.05, 0) is 43.3 Å². The number of furan rings is 1. The highest BCUT2D eigenvalue weighted by Crippen LogP contribution is 2.28. The fourth-order valence-corrected chi connectivity index (χ4v) is 3.45. The molecule has 0 spiro atoms. The van der Waals surface area contributed by atoms with Crippen molar-refractivity contribution in [1.29, 1.82) is 0 Å². The van der Waals surface area contributed by atoms with E-state index in [1.807, 2.05) is 6.92 Å². The maximum absolute atomic E-state index is 12.7. The summed E-state index contributed by atoms with van der Waals surface area (Å²) in [6.45, 7) is 4.02. The number of anilines is 1. The number of ether oxygens (including phenoxy) is 1. The van der Waals surface area contributed by atoms with Gasteiger partial charge in [0.2, 0.25) is 0 Å². The molecule has 7 heteroatoms. The Morgan fingerprint density at radius 3 is 2.68 bits per heavy atom. The quantitative estimate of drug-likeness (QED) is 0.720. The Labute approximate surface area is 167 Å². The molecule has 1 aliphatic heterocycles. The molecule has 0 saturated carbocycles. The second kappa shape index (κ2) is 7.66. The van der Waals surface area contributed by atoms with Gasteiger partial charge in [0.25, 0.3) is 11.8 Å². The molecule has 0 bridgehead atoms. The highest BCUT2D eigenvalue weighted by molar-refractivity contribution is 6.31. The van der Waals surface area contributed by atoms with Crippen molar-refractivity contribution in [3.63, 3.8) is 0 Å². The van der Waals surface area contributed by atoms with E-state index in [1.54, 1.807) is 47.4 Å². The number of carbonyl (C=O) groups is 2. The van der Waals surface area contributed by atoms with Crippen LogP contribution in [0.1, 0.15) is 26.5 Å². The third-order valence-corrected chi connectivity index (χ3v) is 5.01. The lowest BCUT2D eigenvalue weighted by Crippen LogP contribution is -2.40. The number of fused-ring (bicyclic) bond motifs is 1. The first-order chi connectivity index (χ1) is 13.5. The second-order valence-electron chi connectivity index (χ2n) is 6.64. The molecule has 6 nitrogen and oxygen atoms in total. The number of aryl methyl sites for hydroxylation is 1. The number of hydrogen-bond donors (Lipinski definition) is 1. The van der Waals surface area contributed by atoms with Crippen LogP contribution in [0.3, 0.4) is 0 Å². The Morgan fingerprint density at radius 1 is 1.11 bits per heavy atom. The molecule has 0 radical (unpaired) electrons. The monoisotopic (exact) mass is 398 g/mol. The summed E-state index contributed by atoms with van der Waals surface area (Å²) in [5.41, 5.74) is 2.37. The average molecular weight is 399 g/mol. The maximum atomic E-state index is 12.7. The third-order valence-electron chi connectivity index (χ3n) is 4.77. The Kier molecular flexibility index (Phi) is 5.07. The zero-order valence-electron chi connectivity index (χ0n) is 15.3. The van der Waals surface area contributed by atoms with Crippen LogP contribution in [0, 0.1) is 6.92 Å². The maximum Gasteiger partial charge on any atom is 0.291 e. The lowest BCUT2D eigenvalue weighted by atomic mass is 10.1. The molecule has 0 aliphatic carbocycles. The molecule has 1 fully saturated rings. The molecule has 4 rings (SSSR count). The SMILES string of the molecule is Cc1c(C(=O)Nc2cccc(C(=O)N3CCOCC3)c2)oc2ccc(Cl)cc12. The number of morpholine rings is 1. The van der Waals surface area contributed by atoms with Crippen molar-refractivity contribution in [3.05, 3.63) is 64.4 Å². The van der Waals surface area contributed by atoms with Crippen molar-refractivity contribution in [2.75, 3.05) is 31.6 Å². The molecule has 2 aromatic carbocycles. The van der Waals surface area contributed by atoms with Crippen molar-refractivity contribution in [2.45, 2.75) is 6.92 Å². The molecule has 0 unspecified atom stereocenters. The van der Waals surface area contributed by atoms with E-state index < -0.39 is 0 Å². The van der Waals surface area contributed by atoms with Gasteiger partial charge in [0.15, 0.2) is 5.76 Å². The smallest absolute Gasteiger partial charge is 0.291 e. The van der Waals surface area contributed by atoms with Gasteiger partial charge in [-0.3, -0.25) is 9.59 Å². The van der Waals surface area contributed by atoms with Gasteiger partial charge in [0, 0.05) is 40.3 Å². The first kappa shape index (κ1) is 18.5. The minimum absolute atomic E-state index is 0.0750. The van der Waals surface area contributed by atoms with Crippen LogP contribution in [0.5, 0.6) is 0 Å². The van der Waals surface area contributed by atoms with Gasteiger partial charge in [0.05, 0.1) is 13.2 Å². The first-order valence-electron chi connectivity index (χ1n) is 9.00. The van der Waals surface area contributed by atoms with Gasteiger partial charge in [0.1, 0.15) is 5.58 Å². The number of hydrogen-bond acceptors (Lipinski definition) is 4. The van der Waals surface area contributed by atoms with Crippen LogP contribution in [0.15, 0.2) is 46.9 Å². The summed E-state index contributed by atoms with van der Waals surface area (Å²) in [4.78, 5) is 27.1. The normalized spacial score (nSPS) is 14.3. The molecule has 0 atom stereocenters. The number of amides is 2. The predicted octanol–water partition coefficient (Wildman–Crippen LogP) is 4.12. The summed E-state index contributed by atoms with van der Waals surface area (Å²) in [6, 6.07) is 12.1. The van der Waals surface area contributed by atoms with Crippen LogP contribution in [0.2, 0.25) is 5.02 Å². The van der Waals surface area contributed by atoms with Crippen molar-refractivity contribution in [1.82, 2.24) is 4.90 Å². The number of benzene rings is 2. The van der Waals surface area contributed by atoms with E-state index in [0.717, 1.165) is 10.9 Å². The topological polar surface area (TPSA) is 71.8 Å². The van der Waals surface area contributed by atoms with Crippen LogP contribution < -0.4 is 5.32 Å². The zero-order chi connectivity index (χ0) is 19.7. The minimum Gasteiger partial charge on any atom is -0.451 e. The summed E-state index contributed by atoms with van der Waals surface area (Å²) in [5, 5.41) is 4.19. The standard InChI is InChI=1S/C21H19ClN2O4/c1-13-17-12-15(22)5-6-18(17)28-19(13)20(25)23-16-4-2-3-14(11-16)21(26)24-7-9-27-10-8-24/h2-6,11-12H,7-10H2,1H3,(H,23,25). The molecule has 1 aliphatic rings. The summed E-state index contributed by atoms with van der Waals surface area (Å²) in [6.07, 6.45) is 0. The van der Waals surface area contributed by atoms with Gasteiger partial charge in [-0.2, -0.15) is 0 Å². The van der Waals surface area contributed by atoms with Crippen LogP contribution in [0.4, 0.5) is 5.69 Å². The Balaban J connectivity index is 1.55. The van der Waals surface area contributed by atoms with Crippen molar-refractivity contribution < 1.29 is 18.7 Å². The van der Waals surface area contributed by atoms with E-state index in [1.165, 1.54) is 0 Å². The van der Waals surface area contributed by atoms with E-state index in [0.29, 0.717) is 48.2 Å². The minimum atomic E-state index is -0.374. The Hall–Kier alpha value is -2.83. The van der Waals surface area contributed by atoms with Crippen LogP contribution in [-0.2, 0) is 4.74 Å². The molecule has 2 heterocycles. The fraction of sp³-hybridized carbons (Fsp3) is 0.238. The molecule has 28 heavy (non-hydrogen) atoms. The van der Waals surface area contributed by atoms with Crippen LogP contribution in [-0.4, -0.2) is 43.0 Å². The fourth-order valence-electron chi connectivity index (χ4n) is 3.28. The molecule has 1 saturated heterocycles. The van der Waals surface area contributed by atoms with Gasteiger partial charge < -0.3 is 19.4 Å². The lowest BCUT2D eigenvalue weighted by molar-refractivity contribution is 0.0303. The van der Waals surface area contributed by atoms with Gasteiger partial charge in [-0.15, -0.1) is 0 Å². The number of rotatable bonds is 3. The van der Waals surface area contributed by atoms with Crippen LogP contribution >= 0.6 is 11.6 Å². The van der Waals surface area contributed by atoms with Gasteiger partial charge in [-0.1, -0.05) is 17.7 Å². The second-order valence-corrected chi connectivity index (χ2v) is 7.07. The van der Waals surface area contributed by atoms with E-state index in [2.05, 4.69) is 5.32 Å².